The van der Waals surface area contributed by atoms with Crippen molar-refractivity contribution in [3.8, 4) is 5.75 Å². The molecule has 5 heteroatoms. The second-order valence-corrected chi connectivity index (χ2v) is 5.57. The number of para-hydroxylation sites is 1. The van der Waals surface area contributed by atoms with Gasteiger partial charge in [0.1, 0.15) is 0 Å². The lowest BCUT2D eigenvalue weighted by Gasteiger charge is -2.06. The van der Waals surface area contributed by atoms with Crippen LogP contribution in [0.3, 0.4) is 0 Å². The van der Waals surface area contributed by atoms with Crippen molar-refractivity contribution in [1.82, 2.24) is 0 Å². The van der Waals surface area contributed by atoms with Crippen molar-refractivity contribution in [2.75, 3.05) is 6.61 Å². The first-order valence-corrected chi connectivity index (χ1v) is 8.30. The van der Waals surface area contributed by atoms with Crippen molar-refractivity contribution in [2.45, 2.75) is 32.1 Å². The number of carbonyl (C=O) groups is 2. The fourth-order valence-electron chi connectivity index (χ4n) is 2.26. The molecule has 0 radical (unpaired) electrons. The molecule has 0 aliphatic heterocycles. The lowest BCUT2D eigenvalue weighted by Crippen LogP contribution is -2.11. The number of benzene rings is 2. The maximum Gasteiger partial charge on any atom is 0.311 e. The third-order valence-corrected chi connectivity index (χ3v) is 3.54. The molecule has 0 saturated carbocycles. The third-order valence-electron chi connectivity index (χ3n) is 3.54. The minimum atomic E-state index is -0.589. The molecule has 0 amide bonds. The van der Waals surface area contributed by atoms with Gasteiger partial charge in [0.15, 0.2) is 11.6 Å². The summed E-state index contributed by atoms with van der Waals surface area (Å²) >= 11 is 0. The summed E-state index contributed by atoms with van der Waals surface area (Å²) in [5, 5.41) is 0. The van der Waals surface area contributed by atoms with Crippen LogP contribution >= 0.6 is 0 Å². The normalized spacial score (nSPS) is 10.3. The maximum absolute atomic E-state index is 13.3. The summed E-state index contributed by atoms with van der Waals surface area (Å²) in [5.74, 6) is -1.60. The highest BCUT2D eigenvalue weighted by Crippen LogP contribution is 2.16. The van der Waals surface area contributed by atoms with Gasteiger partial charge < -0.3 is 9.47 Å². The third kappa shape index (κ3) is 7.16. The fourth-order valence-corrected chi connectivity index (χ4v) is 2.26. The molecule has 0 atom stereocenters. The fraction of sp³-hybridized carbons (Fsp3) is 0.300. The van der Waals surface area contributed by atoms with Gasteiger partial charge in [-0.2, -0.15) is 0 Å². The second-order valence-electron chi connectivity index (χ2n) is 5.57. The van der Waals surface area contributed by atoms with Gasteiger partial charge in [-0.25, -0.2) is 4.39 Å². The Labute approximate surface area is 146 Å². The Hall–Kier alpha value is -2.69. The molecule has 0 aliphatic carbocycles. The molecule has 25 heavy (non-hydrogen) atoms. The number of esters is 2. The summed E-state index contributed by atoms with van der Waals surface area (Å²) in [6.45, 7) is 0.355. The number of aryl methyl sites for hydroxylation is 1. The van der Waals surface area contributed by atoms with Crippen LogP contribution in [0.15, 0.2) is 54.6 Å². The molecule has 0 N–H and O–H groups in total. The molecule has 0 saturated heterocycles. The van der Waals surface area contributed by atoms with E-state index in [1.807, 2.05) is 30.3 Å². The number of rotatable bonds is 9. The Morgan fingerprint density at radius 3 is 2.28 bits per heavy atom. The van der Waals surface area contributed by atoms with Crippen molar-refractivity contribution >= 4 is 11.9 Å². The molecule has 0 unspecified atom stereocenters. The quantitative estimate of drug-likeness (QED) is 0.391. The highest BCUT2D eigenvalue weighted by atomic mass is 19.1. The second kappa shape index (κ2) is 10.2. The largest absolute Gasteiger partial charge is 0.466 e. The number of halogens is 1. The molecule has 0 aliphatic rings. The van der Waals surface area contributed by atoms with Gasteiger partial charge in [-0.15, -0.1) is 0 Å². The molecule has 2 aromatic carbocycles. The van der Waals surface area contributed by atoms with Crippen LogP contribution in [0, 0.1) is 5.82 Å². The van der Waals surface area contributed by atoms with E-state index < -0.39 is 11.8 Å². The molecule has 0 fully saturated rings. The first-order chi connectivity index (χ1) is 12.1. The summed E-state index contributed by atoms with van der Waals surface area (Å²) in [4.78, 5) is 23.2. The van der Waals surface area contributed by atoms with Crippen LogP contribution in [-0.4, -0.2) is 18.5 Å². The van der Waals surface area contributed by atoms with E-state index in [0.717, 1.165) is 12.8 Å². The summed E-state index contributed by atoms with van der Waals surface area (Å²) in [6.07, 6.45) is 2.09. The lowest BCUT2D eigenvalue weighted by atomic mass is 10.1. The summed E-state index contributed by atoms with van der Waals surface area (Å²) < 4.78 is 23.4. The topological polar surface area (TPSA) is 52.6 Å². The van der Waals surface area contributed by atoms with Crippen molar-refractivity contribution in [1.29, 1.82) is 0 Å². The minimum absolute atomic E-state index is 0.0352. The van der Waals surface area contributed by atoms with Crippen molar-refractivity contribution in [2.24, 2.45) is 0 Å². The Balaban J connectivity index is 1.56. The van der Waals surface area contributed by atoms with Gasteiger partial charge in [0.25, 0.3) is 0 Å². The molecule has 0 aromatic heterocycles. The average Bonchev–Trinajstić information content (AvgIpc) is 2.62. The molecule has 0 bridgehead atoms. The van der Waals surface area contributed by atoms with Crippen LogP contribution in [0.5, 0.6) is 5.75 Å². The number of carbonyl (C=O) groups excluding carboxylic acids is 2. The van der Waals surface area contributed by atoms with Gasteiger partial charge in [-0.1, -0.05) is 42.5 Å². The van der Waals surface area contributed by atoms with E-state index in [0.29, 0.717) is 13.0 Å². The van der Waals surface area contributed by atoms with Gasteiger partial charge in [-0.05, 0) is 37.0 Å². The molecular formula is C20H21FO4. The predicted octanol–water partition coefficient (Wildman–Crippen LogP) is 4.08. The van der Waals surface area contributed by atoms with Gasteiger partial charge in [-0.3, -0.25) is 9.59 Å². The Bertz CT molecular complexity index is 685. The zero-order chi connectivity index (χ0) is 17.9. The summed E-state index contributed by atoms with van der Waals surface area (Å²) in [7, 11) is 0. The van der Waals surface area contributed by atoms with E-state index in [4.69, 9.17) is 9.47 Å². The zero-order valence-electron chi connectivity index (χ0n) is 13.9. The zero-order valence-corrected chi connectivity index (χ0v) is 13.9. The van der Waals surface area contributed by atoms with E-state index in [2.05, 4.69) is 0 Å². The smallest absolute Gasteiger partial charge is 0.311 e. The van der Waals surface area contributed by atoms with E-state index in [1.165, 1.54) is 23.8 Å². The molecule has 2 aromatic rings. The van der Waals surface area contributed by atoms with Crippen LogP contribution in [-0.2, 0) is 20.7 Å². The van der Waals surface area contributed by atoms with Crippen LogP contribution in [0.4, 0.5) is 4.39 Å². The predicted molar refractivity (Wildman–Crippen MR) is 91.6 cm³/mol. The van der Waals surface area contributed by atoms with Gasteiger partial charge in [0.2, 0.25) is 0 Å². The van der Waals surface area contributed by atoms with Gasteiger partial charge in [0.05, 0.1) is 6.61 Å². The van der Waals surface area contributed by atoms with Gasteiger partial charge in [0, 0.05) is 12.8 Å². The molecule has 4 nitrogen and oxygen atoms in total. The van der Waals surface area contributed by atoms with E-state index in [-0.39, 0.29) is 24.6 Å². The Morgan fingerprint density at radius 1 is 0.840 bits per heavy atom. The monoisotopic (exact) mass is 344 g/mol. The number of ether oxygens (including phenoxy) is 2. The average molecular weight is 344 g/mol. The first kappa shape index (κ1) is 18.6. The van der Waals surface area contributed by atoms with Gasteiger partial charge >= 0.3 is 11.9 Å². The minimum Gasteiger partial charge on any atom is -0.466 e. The highest BCUT2D eigenvalue weighted by molar-refractivity contribution is 5.74. The first-order valence-electron chi connectivity index (χ1n) is 8.30. The Morgan fingerprint density at radius 2 is 1.52 bits per heavy atom. The molecule has 132 valence electrons. The standard InChI is InChI=1S/C20H21FO4/c21-17-11-4-5-12-18(17)25-20(23)14-6-13-19(22)24-15-7-10-16-8-2-1-3-9-16/h1-5,8-9,11-12H,6-7,10,13-15H2. The van der Waals surface area contributed by atoms with Crippen molar-refractivity contribution < 1.29 is 23.5 Å². The SMILES string of the molecule is O=C(CCCC(=O)Oc1ccccc1F)OCCCc1ccccc1. The maximum atomic E-state index is 13.3. The van der Waals surface area contributed by atoms with Crippen molar-refractivity contribution in [3.05, 3.63) is 66.0 Å². The molecule has 0 heterocycles. The number of hydrogen-bond donors (Lipinski definition) is 0. The van der Waals surface area contributed by atoms with E-state index >= 15 is 0 Å². The summed E-state index contributed by atoms with van der Waals surface area (Å²) in [6, 6.07) is 15.7. The van der Waals surface area contributed by atoms with Crippen molar-refractivity contribution in [3.63, 3.8) is 0 Å². The van der Waals surface area contributed by atoms with E-state index in [1.54, 1.807) is 6.07 Å². The molecule has 0 spiro atoms. The highest BCUT2D eigenvalue weighted by Gasteiger charge is 2.10. The van der Waals surface area contributed by atoms with Crippen LogP contribution in [0.2, 0.25) is 0 Å². The summed E-state index contributed by atoms with van der Waals surface area (Å²) in [5.41, 5.74) is 1.20. The molecule has 2 rings (SSSR count). The molecular weight excluding hydrogens is 323 g/mol. The Kier molecular flexibility index (Phi) is 7.63. The van der Waals surface area contributed by atoms with Crippen LogP contribution in [0.25, 0.3) is 0 Å². The number of hydrogen-bond acceptors (Lipinski definition) is 4. The van der Waals surface area contributed by atoms with Crippen LogP contribution in [0.1, 0.15) is 31.2 Å². The van der Waals surface area contributed by atoms with E-state index in [9.17, 15) is 14.0 Å². The van der Waals surface area contributed by atoms with Crippen LogP contribution < -0.4 is 4.74 Å². The lowest BCUT2D eigenvalue weighted by molar-refractivity contribution is -0.144.